The molecule has 1 heterocycles. The molecule has 0 bridgehead atoms. The van der Waals surface area contributed by atoms with Crippen molar-refractivity contribution in [1.82, 2.24) is 9.97 Å². The van der Waals surface area contributed by atoms with Gasteiger partial charge in [-0.15, -0.1) is 0 Å². The average Bonchev–Trinajstić information content (AvgIpc) is 2.57. The fourth-order valence-corrected chi connectivity index (χ4v) is 1.78. The number of aromatic amines is 1. The van der Waals surface area contributed by atoms with Crippen LogP contribution in [0.15, 0.2) is 18.2 Å². The Bertz CT molecular complexity index is 587. The Kier molecular flexibility index (Phi) is 2.66. The first-order chi connectivity index (χ1) is 7.56. The van der Waals surface area contributed by atoms with E-state index in [1.807, 2.05) is 19.1 Å². The maximum absolute atomic E-state index is 10.4. The summed E-state index contributed by atoms with van der Waals surface area (Å²) >= 11 is 6.02. The summed E-state index contributed by atoms with van der Waals surface area (Å²) in [6, 6.07) is 3.72. The number of nitrogens with zero attached hydrogens (tertiary/aromatic N) is 1. The molecule has 2 rings (SSSR count). The number of benzene rings is 1. The topological polar surface area (TPSA) is 66.0 Å². The van der Waals surface area contributed by atoms with Crippen molar-refractivity contribution in [2.75, 3.05) is 0 Å². The Morgan fingerprint density at radius 2 is 2.31 bits per heavy atom. The molecule has 5 heteroatoms. The molecule has 1 aromatic heterocycles. The van der Waals surface area contributed by atoms with Gasteiger partial charge in [0.25, 0.3) is 0 Å². The third-order valence-corrected chi connectivity index (χ3v) is 2.37. The van der Waals surface area contributed by atoms with E-state index >= 15 is 0 Å². The van der Waals surface area contributed by atoms with Crippen molar-refractivity contribution in [2.45, 2.75) is 6.92 Å². The van der Waals surface area contributed by atoms with Crippen LogP contribution in [-0.4, -0.2) is 21.0 Å². The third-order valence-electron chi connectivity index (χ3n) is 2.09. The SMILES string of the molecule is Cc1cc(Cl)c2nc(/C=C/C(=O)O)[nH]c2c1. The molecular weight excluding hydrogens is 228 g/mol. The molecule has 0 saturated heterocycles. The van der Waals surface area contributed by atoms with Gasteiger partial charge in [-0.2, -0.15) is 0 Å². The van der Waals surface area contributed by atoms with Gasteiger partial charge in [0, 0.05) is 6.08 Å². The molecule has 4 nitrogen and oxygen atoms in total. The molecule has 0 aliphatic heterocycles. The zero-order valence-electron chi connectivity index (χ0n) is 8.49. The second kappa shape index (κ2) is 3.98. The maximum atomic E-state index is 10.4. The summed E-state index contributed by atoms with van der Waals surface area (Å²) in [5.41, 5.74) is 2.47. The molecule has 0 unspecified atom stereocenters. The molecule has 1 aromatic carbocycles. The Balaban J connectivity index is 2.52. The van der Waals surface area contributed by atoms with Crippen LogP contribution in [0.2, 0.25) is 5.02 Å². The Hall–Kier alpha value is -1.81. The number of aliphatic carboxylic acids is 1. The fraction of sp³-hybridized carbons (Fsp3) is 0.0909. The number of fused-ring (bicyclic) bond motifs is 1. The highest BCUT2D eigenvalue weighted by atomic mass is 35.5. The van der Waals surface area contributed by atoms with Crippen LogP contribution in [0.4, 0.5) is 0 Å². The molecule has 0 spiro atoms. The first kappa shape index (κ1) is 10.7. The van der Waals surface area contributed by atoms with E-state index in [9.17, 15) is 4.79 Å². The molecule has 0 radical (unpaired) electrons. The lowest BCUT2D eigenvalue weighted by Crippen LogP contribution is -1.86. The Morgan fingerprint density at radius 1 is 1.56 bits per heavy atom. The quantitative estimate of drug-likeness (QED) is 0.788. The summed E-state index contributed by atoms with van der Waals surface area (Å²) in [5, 5.41) is 9.05. The van der Waals surface area contributed by atoms with E-state index in [2.05, 4.69) is 9.97 Å². The van der Waals surface area contributed by atoms with Crippen molar-refractivity contribution in [3.8, 4) is 0 Å². The van der Waals surface area contributed by atoms with Crippen molar-refractivity contribution < 1.29 is 9.90 Å². The molecule has 2 N–H and O–H groups in total. The van der Waals surface area contributed by atoms with Gasteiger partial charge in [-0.05, 0) is 30.7 Å². The van der Waals surface area contributed by atoms with Crippen LogP contribution in [0, 0.1) is 6.92 Å². The summed E-state index contributed by atoms with van der Waals surface area (Å²) in [7, 11) is 0. The van der Waals surface area contributed by atoms with Crippen molar-refractivity contribution in [1.29, 1.82) is 0 Å². The number of carbonyl (C=O) groups is 1. The minimum Gasteiger partial charge on any atom is -0.478 e. The summed E-state index contributed by atoms with van der Waals surface area (Å²) in [4.78, 5) is 17.5. The summed E-state index contributed by atoms with van der Waals surface area (Å²) in [5.74, 6) is -0.535. The second-order valence-corrected chi connectivity index (χ2v) is 3.84. The first-order valence-electron chi connectivity index (χ1n) is 4.63. The van der Waals surface area contributed by atoms with Crippen LogP contribution in [0.3, 0.4) is 0 Å². The van der Waals surface area contributed by atoms with Crippen LogP contribution in [0.5, 0.6) is 0 Å². The van der Waals surface area contributed by atoms with Gasteiger partial charge in [0.05, 0.1) is 10.5 Å². The number of H-pyrrole nitrogens is 1. The van der Waals surface area contributed by atoms with Crippen LogP contribution in [-0.2, 0) is 4.79 Å². The zero-order valence-corrected chi connectivity index (χ0v) is 9.25. The molecule has 2 aromatic rings. The molecule has 0 saturated carbocycles. The van der Waals surface area contributed by atoms with E-state index in [1.54, 1.807) is 0 Å². The molecule has 0 aliphatic carbocycles. The Labute approximate surface area is 96.6 Å². The molecule has 0 aliphatic rings. The minimum atomic E-state index is -1.01. The van der Waals surface area contributed by atoms with Crippen molar-refractivity contribution >= 4 is 34.7 Å². The smallest absolute Gasteiger partial charge is 0.328 e. The van der Waals surface area contributed by atoms with Gasteiger partial charge >= 0.3 is 5.97 Å². The van der Waals surface area contributed by atoms with Gasteiger partial charge in [-0.3, -0.25) is 0 Å². The summed E-state index contributed by atoms with van der Waals surface area (Å²) in [6.45, 7) is 1.93. The second-order valence-electron chi connectivity index (χ2n) is 3.44. The van der Waals surface area contributed by atoms with E-state index in [-0.39, 0.29) is 0 Å². The number of aryl methyl sites for hydroxylation is 1. The van der Waals surface area contributed by atoms with E-state index in [0.29, 0.717) is 16.4 Å². The largest absolute Gasteiger partial charge is 0.478 e. The average molecular weight is 237 g/mol. The minimum absolute atomic E-state index is 0.477. The standard InChI is InChI=1S/C11H9ClN2O2/c1-6-4-7(12)11-8(5-6)13-9(14-11)2-3-10(15)16/h2-5H,1H3,(H,13,14)(H,15,16)/b3-2+. The monoisotopic (exact) mass is 236 g/mol. The van der Waals surface area contributed by atoms with E-state index < -0.39 is 5.97 Å². The fourth-order valence-electron chi connectivity index (χ4n) is 1.46. The summed E-state index contributed by atoms with van der Waals surface area (Å²) < 4.78 is 0. The molecule has 0 amide bonds. The van der Waals surface area contributed by atoms with Crippen molar-refractivity contribution in [3.63, 3.8) is 0 Å². The first-order valence-corrected chi connectivity index (χ1v) is 5.01. The predicted molar refractivity (Wildman–Crippen MR) is 62.5 cm³/mol. The maximum Gasteiger partial charge on any atom is 0.328 e. The van der Waals surface area contributed by atoms with Crippen molar-refractivity contribution in [2.24, 2.45) is 0 Å². The highest BCUT2D eigenvalue weighted by molar-refractivity contribution is 6.35. The molecule has 0 atom stereocenters. The number of rotatable bonds is 2. The number of nitrogens with one attached hydrogen (secondary N) is 1. The van der Waals surface area contributed by atoms with E-state index in [1.165, 1.54) is 6.08 Å². The molecule has 16 heavy (non-hydrogen) atoms. The lowest BCUT2D eigenvalue weighted by Gasteiger charge is -1.94. The van der Waals surface area contributed by atoms with E-state index in [0.717, 1.165) is 17.2 Å². The van der Waals surface area contributed by atoms with Gasteiger partial charge < -0.3 is 10.1 Å². The number of carboxylic acid groups (broad SMARTS) is 1. The molecule has 82 valence electrons. The zero-order chi connectivity index (χ0) is 11.7. The number of hydrogen-bond donors (Lipinski definition) is 2. The normalized spacial score (nSPS) is 11.4. The third kappa shape index (κ3) is 2.06. The van der Waals surface area contributed by atoms with Crippen molar-refractivity contribution in [3.05, 3.63) is 34.6 Å². The lowest BCUT2D eigenvalue weighted by molar-refractivity contribution is -0.131. The van der Waals surface area contributed by atoms with Crippen LogP contribution >= 0.6 is 11.6 Å². The number of carboxylic acids is 1. The van der Waals surface area contributed by atoms with Gasteiger partial charge in [-0.1, -0.05) is 11.6 Å². The van der Waals surface area contributed by atoms with Crippen LogP contribution in [0.25, 0.3) is 17.1 Å². The van der Waals surface area contributed by atoms with E-state index in [4.69, 9.17) is 16.7 Å². The number of imidazole rings is 1. The summed E-state index contributed by atoms with van der Waals surface area (Å²) in [6.07, 6.45) is 2.42. The van der Waals surface area contributed by atoms with Crippen LogP contribution in [0.1, 0.15) is 11.4 Å². The highest BCUT2D eigenvalue weighted by Gasteiger charge is 2.05. The van der Waals surface area contributed by atoms with Gasteiger partial charge in [0.15, 0.2) is 0 Å². The number of aromatic nitrogens is 2. The van der Waals surface area contributed by atoms with Gasteiger partial charge in [0.1, 0.15) is 11.3 Å². The van der Waals surface area contributed by atoms with Gasteiger partial charge in [-0.25, -0.2) is 9.78 Å². The van der Waals surface area contributed by atoms with Crippen LogP contribution < -0.4 is 0 Å². The molecular formula is C11H9ClN2O2. The predicted octanol–water partition coefficient (Wildman–Crippen LogP) is 2.62. The number of halogens is 1. The molecule has 0 fully saturated rings. The Morgan fingerprint density at radius 3 is 3.00 bits per heavy atom. The highest BCUT2D eigenvalue weighted by Crippen LogP contribution is 2.23. The number of hydrogen-bond acceptors (Lipinski definition) is 2. The van der Waals surface area contributed by atoms with Gasteiger partial charge in [0.2, 0.25) is 0 Å². The lowest BCUT2D eigenvalue weighted by atomic mass is 10.2.